The number of morpholine rings is 2. The lowest BCUT2D eigenvalue weighted by Gasteiger charge is -2.43. The number of hydrogen-bond acceptors (Lipinski definition) is 16. The Labute approximate surface area is 504 Å². The number of halogens is 3. The van der Waals surface area contributed by atoms with Crippen molar-refractivity contribution in [2.75, 3.05) is 156 Å². The number of likely N-dealkylation sites (tertiary alicyclic amines) is 4. The standard InChI is InChI=1S/C13H23N3O3.C12H21N3O4S.C12H21N3O3.C9H15F3N2O.C7H15N3O3S/c1-10(2)13(18)14-11-7-16(8-11)12(17)9-15-3-5-19-6-4-15;1-9(2)11(16)13-10-7-15(8-10)12(17)14-3-5-20(18,19)6-4-14;1-9(2)11(16)13-10-7-15(8-10)12(17)14-3-5-18-6-4-14;1-6(2)8(15)13-7-3-14(4-7)5-9(10,11)12;1-5(2)7(11)9-6-3-10(4-6)14(8,12)13/h10-11H,3-9H2,1-2H3,(H,14,18);9-10H,3-8H2,1-2H3,(H,13,16);9-10H,3-8H2,1-2H3,(H,13,16);6-7H,3-5H2,1-2H3,(H,13,15);5-6H,3-4H2,1-2H3,(H,9,11)(H2,8,12,13). The lowest BCUT2D eigenvalue weighted by atomic mass is 10.1. The molecule has 0 aromatic heterocycles. The number of rotatable bonds is 14. The number of urea groups is 2. The van der Waals surface area contributed by atoms with Crippen LogP contribution in [0.4, 0.5) is 22.8 Å². The number of hydrogen-bond donors (Lipinski definition) is 6. The van der Waals surface area contributed by atoms with Crippen molar-refractivity contribution in [2.45, 2.75) is 106 Å². The van der Waals surface area contributed by atoms with E-state index in [1.165, 1.54) is 4.90 Å². The Morgan fingerprint density at radius 1 is 0.465 bits per heavy atom. The number of carbonyl (C=O) groups excluding carboxylic acids is 8. The minimum atomic E-state index is -4.15. The van der Waals surface area contributed by atoms with Gasteiger partial charge in [0.15, 0.2) is 9.84 Å². The third kappa shape index (κ3) is 25.1. The van der Waals surface area contributed by atoms with Gasteiger partial charge in [-0.15, -0.1) is 0 Å². The first kappa shape index (κ1) is 73.3. The summed E-state index contributed by atoms with van der Waals surface area (Å²) in [7, 11) is -6.54. The number of alkyl halides is 3. The van der Waals surface area contributed by atoms with E-state index in [1.807, 2.05) is 46.4 Å². The van der Waals surface area contributed by atoms with Gasteiger partial charge in [-0.3, -0.25) is 38.6 Å². The third-order valence-electron chi connectivity index (χ3n) is 14.8. The summed E-state index contributed by atoms with van der Waals surface area (Å²) in [5.74, 6) is -0.109. The highest BCUT2D eigenvalue weighted by Gasteiger charge is 2.40. The molecule has 0 aromatic rings. The summed E-state index contributed by atoms with van der Waals surface area (Å²) < 4.78 is 91.5. The smallest absolute Gasteiger partial charge is 0.379 e. The van der Waals surface area contributed by atoms with Crippen LogP contribution in [0.15, 0.2) is 0 Å². The lowest BCUT2D eigenvalue weighted by molar-refractivity contribution is -0.156. The number of nitrogens with zero attached hydrogens (tertiary/aromatic N) is 8. The summed E-state index contributed by atoms with van der Waals surface area (Å²) >= 11 is 0. The molecule has 0 atom stereocenters. The number of nitrogens with one attached hydrogen (secondary N) is 5. The summed E-state index contributed by atoms with van der Waals surface area (Å²) in [6.07, 6.45) is -4.15. The molecule has 0 aliphatic carbocycles. The summed E-state index contributed by atoms with van der Waals surface area (Å²) in [6.45, 7) is 28.6. The minimum Gasteiger partial charge on any atom is -0.379 e. The molecule has 8 fully saturated rings. The Hall–Kier alpha value is -5.19. The van der Waals surface area contributed by atoms with E-state index in [2.05, 4.69) is 31.5 Å². The molecule has 0 radical (unpaired) electrons. The van der Waals surface area contributed by atoms with E-state index < -0.39 is 32.8 Å². The first-order valence-corrected chi connectivity index (χ1v) is 32.9. The molecule has 8 rings (SSSR count). The molecule has 0 unspecified atom stereocenters. The van der Waals surface area contributed by atoms with Crippen LogP contribution in [0.2, 0.25) is 0 Å². The van der Waals surface area contributed by atoms with E-state index in [-0.39, 0.29) is 158 Å². The molecule has 33 heteroatoms. The van der Waals surface area contributed by atoms with Gasteiger partial charge in [-0.25, -0.2) is 23.1 Å². The van der Waals surface area contributed by atoms with Crippen LogP contribution >= 0.6 is 0 Å². The van der Waals surface area contributed by atoms with Crippen molar-refractivity contribution in [3.63, 3.8) is 0 Å². The highest BCUT2D eigenvalue weighted by molar-refractivity contribution is 7.91. The molecule has 0 bridgehead atoms. The first-order chi connectivity index (χ1) is 40.0. The molecule has 8 aliphatic rings. The highest BCUT2D eigenvalue weighted by atomic mass is 32.2. The van der Waals surface area contributed by atoms with Gasteiger partial charge >= 0.3 is 18.2 Å². The molecule has 8 heterocycles. The molecule has 0 aromatic carbocycles. The second-order valence-electron chi connectivity index (χ2n) is 24.3. The molecule has 0 saturated carbocycles. The van der Waals surface area contributed by atoms with Crippen molar-refractivity contribution in [2.24, 2.45) is 34.7 Å². The molecule has 10 amide bonds. The van der Waals surface area contributed by atoms with Crippen LogP contribution in [0.3, 0.4) is 0 Å². The fourth-order valence-corrected chi connectivity index (χ4v) is 10.9. The zero-order valence-corrected chi connectivity index (χ0v) is 53.2. The van der Waals surface area contributed by atoms with E-state index in [0.717, 1.165) is 17.4 Å². The molecule has 0 spiro atoms. The number of amides is 10. The quantitative estimate of drug-likeness (QED) is 0.111. The Bertz CT molecular complexity index is 2480. The number of nitrogens with two attached hydrogens (primary N) is 1. The first-order valence-electron chi connectivity index (χ1n) is 29.5. The van der Waals surface area contributed by atoms with E-state index in [9.17, 15) is 68.4 Å². The van der Waals surface area contributed by atoms with Crippen LogP contribution in [-0.4, -0.2) is 295 Å². The van der Waals surface area contributed by atoms with Crippen LogP contribution in [0.5, 0.6) is 0 Å². The maximum absolute atomic E-state index is 12.1. The second kappa shape index (κ2) is 33.4. The minimum absolute atomic E-state index is 0.00176. The van der Waals surface area contributed by atoms with Crippen LogP contribution in [0, 0.1) is 29.6 Å². The van der Waals surface area contributed by atoms with Gasteiger partial charge in [0.2, 0.25) is 35.4 Å². The second-order valence-corrected chi connectivity index (χ2v) is 28.1. The van der Waals surface area contributed by atoms with Gasteiger partial charge < -0.3 is 60.6 Å². The Morgan fingerprint density at radius 2 is 0.767 bits per heavy atom. The predicted molar refractivity (Wildman–Crippen MR) is 311 cm³/mol. The summed E-state index contributed by atoms with van der Waals surface area (Å²) in [5.41, 5.74) is 0. The Morgan fingerprint density at radius 3 is 1.09 bits per heavy atom. The monoisotopic (exact) mass is 1270 g/mol. The normalized spacial score (nSPS) is 20.8. The summed E-state index contributed by atoms with van der Waals surface area (Å²) in [6, 6.07) is -0.0235. The van der Waals surface area contributed by atoms with Crippen molar-refractivity contribution in [1.29, 1.82) is 0 Å². The highest BCUT2D eigenvalue weighted by Crippen LogP contribution is 2.21. The zero-order chi connectivity index (χ0) is 64.4. The van der Waals surface area contributed by atoms with Crippen LogP contribution in [0.1, 0.15) is 69.2 Å². The number of ether oxygens (including phenoxy) is 2. The zero-order valence-electron chi connectivity index (χ0n) is 51.6. The maximum atomic E-state index is 12.1. The largest absolute Gasteiger partial charge is 0.401 e. The fraction of sp³-hybridized carbons (Fsp3) is 0.849. The van der Waals surface area contributed by atoms with Crippen LogP contribution < -0.4 is 31.7 Å². The molecule has 8 aliphatic heterocycles. The fourth-order valence-electron chi connectivity index (χ4n) is 8.95. The topological polar surface area (TPSA) is 335 Å². The maximum Gasteiger partial charge on any atom is 0.401 e. The number of sulfone groups is 1. The van der Waals surface area contributed by atoms with Gasteiger partial charge in [-0.2, -0.15) is 25.9 Å². The van der Waals surface area contributed by atoms with Gasteiger partial charge in [0.25, 0.3) is 10.2 Å². The van der Waals surface area contributed by atoms with Crippen molar-refractivity contribution in [1.82, 2.24) is 65.2 Å². The van der Waals surface area contributed by atoms with Crippen molar-refractivity contribution in [3.8, 4) is 0 Å². The van der Waals surface area contributed by atoms with Crippen molar-refractivity contribution >= 4 is 67.6 Å². The molecular weight excluding hydrogens is 1180 g/mol. The number of carbonyl (C=O) groups is 8. The van der Waals surface area contributed by atoms with E-state index in [1.54, 1.807) is 47.3 Å². The summed E-state index contributed by atoms with van der Waals surface area (Å²) in [4.78, 5) is 105. The molecule has 8 saturated heterocycles. The average molecular weight is 1270 g/mol. The third-order valence-corrected chi connectivity index (χ3v) is 17.4. The van der Waals surface area contributed by atoms with Gasteiger partial charge in [0.05, 0.1) is 81.2 Å². The van der Waals surface area contributed by atoms with Gasteiger partial charge in [0, 0.05) is 134 Å². The summed E-state index contributed by atoms with van der Waals surface area (Å²) in [5, 5.41) is 19.0. The SMILES string of the molecule is CC(C)C(=O)NC1CN(C(=O)CN2CCOCC2)C1.CC(C)C(=O)NC1CN(C(=O)N2CCOCC2)C1.CC(C)C(=O)NC1CN(C(=O)N2CCS(=O)(=O)CC2)C1.CC(C)C(=O)NC1CN(CC(F)(F)F)C1.CC(C)C(=O)NC1CN(S(N)(=O)=O)C1. The van der Waals surface area contributed by atoms with Gasteiger partial charge in [0.1, 0.15) is 0 Å². The average Bonchev–Trinajstić information content (AvgIpc) is 2.83. The van der Waals surface area contributed by atoms with E-state index >= 15 is 0 Å². The Kier molecular flexibility index (Phi) is 28.5. The van der Waals surface area contributed by atoms with Gasteiger partial charge in [-0.1, -0.05) is 69.2 Å². The van der Waals surface area contributed by atoms with Crippen molar-refractivity contribution in [3.05, 3.63) is 0 Å². The lowest BCUT2D eigenvalue weighted by Crippen LogP contribution is -2.64. The molecule has 86 heavy (non-hydrogen) atoms. The predicted octanol–water partition coefficient (Wildman–Crippen LogP) is -1.86. The van der Waals surface area contributed by atoms with Gasteiger partial charge in [-0.05, 0) is 0 Å². The van der Waals surface area contributed by atoms with Crippen LogP contribution in [0.25, 0.3) is 0 Å². The molecule has 28 nitrogen and oxygen atoms in total. The van der Waals surface area contributed by atoms with E-state index in [4.69, 9.17) is 14.6 Å². The molecule has 494 valence electrons. The molecular formula is C53H95F3N14O14S2. The Balaban J connectivity index is 0.000000232. The van der Waals surface area contributed by atoms with Crippen LogP contribution in [-0.2, 0) is 58.3 Å². The van der Waals surface area contributed by atoms with E-state index in [0.29, 0.717) is 85.3 Å². The molecule has 7 N–H and O–H groups in total. The van der Waals surface area contributed by atoms with Crippen molar-refractivity contribution < 1.29 is 77.8 Å².